The number of rotatable bonds is 4. The van der Waals surface area contributed by atoms with Crippen molar-refractivity contribution in [3.05, 3.63) is 48.2 Å². The fourth-order valence-corrected chi connectivity index (χ4v) is 2.31. The highest BCUT2D eigenvalue weighted by atomic mass is 16.5. The number of amides is 1. The fourth-order valence-electron chi connectivity index (χ4n) is 2.31. The molecule has 3 heterocycles. The molecule has 1 aliphatic heterocycles. The number of nitrogens with zero attached hydrogens (tertiary/aromatic N) is 4. The molecule has 2 aromatic heterocycles. The summed E-state index contributed by atoms with van der Waals surface area (Å²) in [5.74, 6) is 0.648. The first-order valence-electron chi connectivity index (χ1n) is 7.15. The standard InChI is InChI=1S/C15H17N5O2/c21-15(13-11-16-4-5-17-13)19-10-12-2-1-3-18-14(12)20-6-8-22-9-7-20/h1-5,11H,6-10H2,(H,19,21). The summed E-state index contributed by atoms with van der Waals surface area (Å²) in [7, 11) is 0. The van der Waals surface area contributed by atoms with E-state index in [1.54, 1.807) is 6.20 Å². The number of nitrogens with one attached hydrogen (secondary N) is 1. The molecule has 0 atom stereocenters. The zero-order valence-electron chi connectivity index (χ0n) is 12.1. The van der Waals surface area contributed by atoms with E-state index in [0.29, 0.717) is 25.5 Å². The molecule has 0 aromatic carbocycles. The van der Waals surface area contributed by atoms with Gasteiger partial charge in [0.15, 0.2) is 0 Å². The predicted molar refractivity (Wildman–Crippen MR) is 80.5 cm³/mol. The van der Waals surface area contributed by atoms with Gasteiger partial charge in [-0.05, 0) is 6.07 Å². The number of carbonyl (C=O) groups is 1. The molecule has 1 N–H and O–H groups in total. The van der Waals surface area contributed by atoms with E-state index in [4.69, 9.17) is 4.74 Å². The van der Waals surface area contributed by atoms with Gasteiger partial charge >= 0.3 is 0 Å². The molecule has 0 saturated carbocycles. The monoisotopic (exact) mass is 299 g/mol. The van der Waals surface area contributed by atoms with Gasteiger partial charge in [-0.1, -0.05) is 6.07 Å². The van der Waals surface area contributed by atoms with E-state index in [-0.39, 0.29) is 5.91 Å². The Kier molecular flexibility index (Phi) is 4.55. The number of anilines is 1. The van der Waals surface area contributed by atoms with Crippen molar-refractivity contribution in [1.29, 1.82) is 0 Å². The minimum absolute atomic E-state index is 0.245. The van der Waals surface area contributed by atoms with Crippen molar-refractivity contribution in [2.45, 2.75) is 6.54 Å². The molecule has 7 heteroatoms. The Hall–Kier alpha value is -2.54. The van der Waals surface area contributed by atoms with E-state index in [9.17, 15) is 4.79 Å². The van der Waals surface area contributed by atoms with Crippen LogP contribution in [-0.2, 0) is 11.3 Å². The summed E-state index contributed by atoms with van der Waals surface area (Å²) >= 11 is 0. The van der Waals surface area contributed by atoms with E-state index in [1.807, 2.05) is 12.1 Å². The maximum Gasteiger partial charge on any atom is 0.271 e. The van der Waals surface area contributed by atoms with Crippen LogP contribution in [0.4, 0.5) is 5.82 Å². The third-order valence-corrected chi connectivity index (χ3v) is 3.41. The normalized spacial score (nSPS) is 14.6. The number of ether oxygens (including phenoxy) is 1. The van der Waals surface area contributed by atoms with Crippen molar-refractivity contribution in [2.75, 3.05) is 31.2 Å². The Morgan fingerprint density at radius 2 is 2.09 bits per heavy atom. The van der Waals surface area contributed by atoms with Crippen molar-refractivity contribution >= 4 is 11.7 Å². The SMILES string of the molecule is O=C(NCc1cccnc1N1CCOCC1)c1cnccn1. The van der Waals surface area contributed by atoms with Crippen LogP contribution in [0.2, 0.25) is 0 Å². The molecule has 3 rings (SSSR count). The smallest absolute Gasteiger partial charge is 0.271 e. The van der Waals surface area contributed by atoms with Gasteiger partial charge in [0.1, 0.15) is 11.5 Å². The van der Waals surface area contributed by atoms with E-state index in [0.717, 1.165) is 24.5 Å². The van der Waals surface area contributed by atoms with Crippen LogP contribution in [0.3, 0.4) is 0 Å². The maximum atomic E-state index is 12.0. The number of carbonyl (C=O) groups excluding carboxylic acids is 1. The largest absolute Gasteiger partial charge is 0.378 e. The Morgan fingerprint density at radius 3 is 2.86 bits per heavy atom. The van der Waals surface area contributed by atoms with Gasteiger partial charge in [0.2, 0.25) is 0 Å². The molecular weight excluding hydrogens is 282 g/mol. The lowest BCUT2D eigenvalue weighted by Crippen LogP contribution is -2.37. The number of hydrogen-bond donors (Lipinski definition) is 1. The average Bonchev–Trinajstić information content (AvgIpc) is 2.61. The van der Waals surface area contributed by atoms with Crippen LogP contribution in [-0.4, -0.2) is 47.2 Å². The Labute approximate surface area is 128 Å². The van der Waals surface area contributed by atoms with Crippen LogP contribution >= 0.6 is 0 Å². The number of pyridine rings is 1. The lowest BCUT2D eigenvalue weighted by Gasteiger charge is -2.29. The molecular formula is C15H17N5O2. The Morgan fingerprint density at radius 1 is 1.23 bits per heavy atom. The summed E-state index contributed by atoms with van der Waals surface area (Å²) in [5.41, 5.74) is 1.28. The van der Waals surface area contributed by atoms with Crippen molar-refractivity contribution in [2.24, 2.45) is 0 Å². The molecule has 0 radical (unpaired) electrons. The van der Waals surface area contributed by atoms with E-state index < -0.39 is 0 Å². The summed E-state index contributed by atoms with van der Waals surface area (Å²) in [6, 6.07) is 3.84. The fraction of sp³-hybridized carbons (Fsp3) is 0.333. The summed E-state index contributed by atoms with van der Waals surface area (Å²) in [4.78, 5) is 26.5. The molecule has 0 bridgehead atoms. The lowest BCUT2D eigenvalue weighted by atomic mass is 10.2. The third kappa shape index (κ3) is 3.37. The second-order valence-corrected chi connectivity index (χ2v) is 4.86. The first-order chi connectivity index (χ1) is 10.8. The molecule has 2 aromatic rings. The van der Waals surface area contributed by atoms with Crippen LogP contribution in [0.5, 0.6) is 0 Å². The quantitative estimate of drug-likeness (QED) is 0.892. The summed E-state index contributed by atoms with van der Waals surface area (Å²) in [5, 5.41) is 2.86. The highest BCUT2D eigenvalue weighted by molar-refractivity contribution is 5.91. The van der Waals surface area contributed by atoms with E-state index >= 15 is 0 Å². The average molecular weight is 299 g/mol. The lowest BCUT2D eigenvalue weighted by molar-refractivity contribution is 0.0945. The number of morpholine rings is 1. The van der Waals surface area contributed by atoms with Gasteiger partial charge in [-0.3, -0.25) is 9.78 Å². The summed E-state index contributed by atoms with van der Waals surface area (Å²) in [6.45, 7) is 3.41. The van der Waals surface area contributed by atoms with Crippen LogP contribution < -0.4 is 10.2 Å². The number of hydrogen-bond acceptors (Lipinski definition) is 6. The van der Waals surface area contributed by atoms with Crippen LogP contribution in [0.1, 0.15) is 16.1 Å². The summed E-state index contributed by atoms with van der Waals surface area (Å²) in [6.07, 6.45) is 6.24. The van der Waals surface area contributed by atoms with Gasteiger partial charge in [0.25, 0.3) is 5.91 Å². The van der Waals surface area contributed by atoms with E-state index in [2.05, 4.69) is 25.2 Å². The molecule has 114 valence electrons. The third-order valence-electron chi connectivity index (χ3n) is 3.41. The van der Waals surface area contributed by atoms with Crippen molar-refractivity contribution in [3.8, 4) is 0 Å². The van der Waals surface area contributed by atoms with Crippen molar-refractivity contribution in [1.82, 2.24) is 20.3 Å². The Balaban J connectivity index is 1.69. The van der Waals surface area contributed by atoms with Gasteiger partial charge < -0.3 is 15.0 Å². The van der Waals surface area contributed by atoms with E-state index in [1.165, 1.54) is 18.6 Å². The Bertz CT molecular complexity index is 629. The molecule has 1 fully saturated rings. The minimum atomic E-state index is -0.245. The maximum absolute atomic E-state index is 12.0. The molecule has 0 unspecified atom stereocenters. The van der Waals surface area contributed by atoms with Crippen molar-refractivity contribution in [3.63, 3.8) is 0 Å². The number of aromatic nitrogens is 3. The van der Waals surface area contributed by atoms with Gasteiger partial charge in [0.05, 0.1) is 19.4 Å². The molecule has 7 nitrogen and oxygen atoms in total. The molecule has 22 heavy (non-hydrogen) atoms. The van der Waals surface area contributed by atoms with Gasteiger partial charge in [0, 0.05) is 43.8 Å². The second kappa shape index (κ2) is 6.95. The minimum Gasteiger partial charge on any atom is -0.378 e. The van der Waals surface area contributed by atoms with Gasteiger partial charge in [-0.15, -0.1) is 0 Å². The van der Waals surface area contributed by atoms with Crippen LogP contribution in [0, 0.1) is 0 Å². The van der Waals surface area contributed by atoms with Crippen LogP contribution in [0.25, 0.3) is 0 Å². The van der Waals surface area contributed by atoms with Crippen LogP contribution in [0.15, 0.2) is 36.9 Å². The summed E-state index contributed by atoms with van der Waals surface area (Å²) < 4.78 is 5.36. The highest BCUT2D eigenvalue weighted by Crippen LogP contribution is 2.18. The second-order valence-electron chi connectivity index (χ2n) is 4.86. The topological polar surface area (TPSA) is 80.2 Å². The molecule has 0 aliphatic carbocycles. The molecule has 0 spiro atoms. The predicted octanol–water partition coefficient (Wildman–Crippen LogP) is 0.638. The molecule has 1 aliphatic rings. The van der Waals surface area contributed by atoms with Crippen molar-refractivity contribution < 1.29 is 9.53 Å². The zero-order valence-corrected chi connectivity index (χ0v) is 12.1. The molecule has 1 amide bonds. The first-order valence-corrected chi connectivity index (χ1v) is 7.15. The molecule has 1 saturated heterocycles. The highest BCUT2D eigenvalue weighted by Gasteiger charge is 2.16. The van der Waals surface area contributed by atoms with Gasteiger partial charge in [-0.2, -0.15) is 0 Å². The van der Waals surface area contributed by atoms with Gasteiger partial charge in [-0.25, -0.2) is 9.97 Å². The zero-order chi connectivity index (χ0) is 15.2. The first kappa shape index (κ1) is 14.4.